The van der Waals surface area contributed by atoms with E-state index < -0.39 is 0 Å². The monoisotopic (exact) mass is 1690 g/mol. The van der Waals surface area contributed by atoms with Crippen molar-refractivity contribution in [1.29, 1.82) is 0 Å². The molecule has 0 spiro atoms. The van der Waals surface area contributed by atoms with Crippen LogP contribution >= 0.6 is 46.1 Å². The molecule has 6 aromatic heterocycles. The molecular weight excluding hydrogens is 1540 g/mol. The molecule has 0 bridgehead atoms. The minimum atomic E-state index is -0.142. The Labute approximate surface area is 697 Å². The van der Waals surface area contributed by atoms with Crippen LogP contribution in [-0.4, -0.2) is 46.5 Å². The molecule has 110 heavy (non-hydrogen) atoms. The average Bonchev–Trinajstić information content (AvgIpc) is 1.51. The number of nitrogens with zero attached hydrogens (tertiary/aromatic N) is 4. The molecule has 602 valence electrons. The number of hydrogen-bond donors (Lipinski definition) is 0. The van der Waals surface area contributed by atoms with Gasteiger partial charge in [0, 0.05) is 0 Å². The van der Waals surface area contributed by atoms with Gasteiger partial charge in [-0.15, -0.1) is 0 Å². The first-order valence-electron chi connectivity index (χ1n) is 46.9. The number of fused-ring (bicyclic) bond motifs is 16. The van der Waals surface area contributed by atoms with Crippen LogP contribution in [0.15, 0.2) is 48.5 Å². The van der Waals surface area contributed by atoms with Crippen LogP contribution in [-0.2, 0) is 10.8 Å². The quantitative estimate of drug-likeness (QED) is 0.0282. The van der Waals surface area contributed by atoms with E-state index in [9.17, 15) is 0 Å². The topological polar surface area (TPSA) is 51.6 Å². The first-order valence-corrected chi connectivity index (χ1v) is 53.4. The van der Waals surface area contributed by atoms with E-state index in [4.69, 9.17) is 17.5 Å². The molecule has 2 aliphatic carbocycles. The number of unbranched alkanes of at least 4 members (excludes halogenated alkanes) is 52. The van der Waals surface area contributed by atoms with Gasteiger partial charge in [0.1, 0.15) is 5.52 Å². The van der Waals surface area contributed by atoms with E-state index in [2.05, 4.69) is 101 Å². The molecule has 4 aromatic carbocycles. The molecule has 0 saturated carbocycles. The average molecular weight is 1690 g/mol. The fraction of sp³-hybridized carbons (Fsp3) is 0.680. The number of hydrogen-bond acceptors (Lipinski definition) is 8. The van der Waals surface area contributed by atoms with E-state index in [1.54, 1.807) is 44.0 Å². The summed E-state index contributed by atoms with van der Waals surface area (Å²) in [6.07, 6.45) is 82.6. The van der Waals surface area contributed by atoms with E-state index in [1.165, 1.54) is 478 Å². The van der Waals surface area contributed by atoms with E-state index in [1.807, 2.05) is 11.3 Å². The van der Waals surface area contributed by atoms with Crippen molar-refractivity contribution in [2.24, 2.45) is 0 Å². The van der Waals surface area contributed by atoms with Gasteiger partial charge in [-0.05, 0) is 12.5 Å². The maximum absolute atomic E-state index is 5.63. The fourth-order valence-electron chi connectivity index (χ4n) is 20.3. The molecule has 10 heteroatoms. The van der Waals surface area contributed by atoms with Crippen LogP contribution in [0.3, 0.4) is 0 Å². The van der Waals surface area contributed by atoms with Crippen LogP contribution in [0.4, 0.5) is 0 Å². The number of rotatable bonds is 61. The fourth-order valence-corrected chi connectivity index (χ4v) is 29.7. The molecule has 12 rings (SSSR count). The normalized spacial score (nSPS) is 13.7. The van der Waals surface area contributed by atoms with Gasteiger partial charge in [0.2, 0.25) is 0 Å². The van der Waals surface area contributed by atoms with Crippen molar-refractivity contribution in [3.05, 3.63) is 81.2 Å². The summed E-state index contributed by atoms with van der Waals surface area (Å²) in [7, 11) is 0. The van der Waals surface area contributed by atoms with E-state index in [-0.39, 0.29) is 25.3 Å². The molecule has 2 aliphatic rings. The molecule has 0 N–H and O–H groups in total. The van der Waals surface area contributed by atoms with Crippen molar-refractivity contribution in [3.8, 4) is 32.7 Å². The van der Waals surface area contributed by atoms with Gasteiger partial charge >= 0.3 is 323 Å². The Balaban J connectivity index is 0.886. The van der Waals surface area contributed by atoms with Crippen LogP contribution in [0.2, 0.25) is 0 Å². The Morgan fingerprint density at radius 3 is 0.900 bits per heavy atom. The van der Waals surface area contributed by atoms with Gasteiger partial charge < -0.3 is 0 Å². The van der Waals surface area contributed by atoms with Gasteiger partial charge in [0.15, 0.2) is 0 Å². The van der Waals surface area contributed by atoms with Crippen LogP contribution in [0, 0.1) is 13.8 Å². The molecule has 0 saturated heterocycles. The molecule has 10 aromatic rings. The van der Waals surface area contributed by atoms with E-state index in [0.717, 1.165) is 11.0 Å². The summed E-state index contributed by atoms with van der Waals surface area (Å²) in [5, 5.41) is 3.06. The van der Waals surface area contributed by atoms with Crippen molar-refractivity contribution >= 4 is 134 Å². The minimum absolute atomic E-state index is 0.0912. The van der Waals surface area contributed by atoms with Gasteiger partial charge in [-0.1, -0.05) is 342 Å². The molecular formula is C100H146N4S4Se2. The SMILES string of the molecule is CCCCCCCCCCCCCCCCC1(CCCCCCCCCCCCCCCC)c2cc3c(cc2-c2c1cc(C)c1nsnc21)C(CCCCCCCCCCCCCCCC)(CCCCCCCCCCCCCCCC)c1cc(-c2cc4[se]c5cc6c(cc5c4s2)[se]c2cc(C)sc26)c2nsnc2c1-3. The second-order valence-electron chi connectivity index (χ2n) is 35.3. The van der Waals surface area contributed by atoms with Crippen LogP contribution < -0.4 is 0 Å². The van der Waals surface area contributed by atoms with Gasteiger partial charge in [-0.2, -0.15) is 8.75 Å². The summed E-state index contributed by atoms with van der Waals surface area (Å²) < 4.78 is 31.1. The Bertz CT molecular complexity index is 4270. The van der Waals surface area contributed by atoms with Crippen molar-refractivity contribution in [3.63, 3.8) is 0 Å². The van der Waals surface area contributed by atoms with Crippen LogP contribution in [0.5, 0.6) is 0 Å². The first kappa shape index (κ1) is 86.3. The summed E-state index contributed by atoms with van der Waals surface area (Å²) in [6.45, 7) is 14.0. The first-order chi connectivity index (χ1) is 54.3. The molecule has 0 amide bonds. The molecule has 0 fully saturated rings. The van der Waals surface area contributed by atoms with E-state index in [0.29, 0.717) is 14.5 Å². The Hall–Kier alpha value is -3.04. The predicted octanol–water partition coefficient (Wildman–Crippen LogP) is 34.8. The van der Waals surface area contributed by atoms with Crippen molar-refractivity contribution < 1.29 is 0 Å². The third-order valence-corrected chi connectivity index (χ3v) is 35.2. The summed E-state index contributed by atoms with van der Waals surface area (Å²) in [5.41, 5.74) is 19.4. The summed E-state index contributed by atoms with van der Waals surface area (Å²) in [6, 6.07) is 21.6. The summed E-state index contributed by atoms with van der Waals surface area (Å²) in [4.78, 5) is 2.87. The van der Waals surface area contributed by atoms with E-state index >= 15 is 0 Å². The molecule has 0 atom stereocenters. The Morgan fingerprint density at radius 1 is 0.264 bits per heavy atom. The van der Waals surface area contributed by atoms with Gasteiger partial charge in [-0.25, -0.2) is 0 Å². The van der Waals surface area contributed by atoms with Crippen LogP contribution in [0.1, 0.15) is 446 Å². The molecule has 6 heterocycles. The summed E-state index contributed by atoms with van der Waals surface area (Å²) >= 11 is 7.67. The Morgan fingerprint density at radius 2 is 0.545 bits per heavy atom. The number of benzene rings is 4. The van der Waals surface area contributed by atoms with Crippen molar-refractivity contribution in [2.75, 3.05) is 0 Å². The standard InChI is InChI=1S/C100H146N4S4Se2/c1-7-11-15-19-23-27-31-35-39-43-47-51-55-59-63-99(64-60-56-52-48-44-40-36-32-28-24-20-16-12-8-2)82-70-78-83(69-77(82)91-84(99)67-75(5)93-95(91)103-107-101-93)100(65-61-57-53-49-45-41-37-33-29-25-21-17-13-9-3,66-62-58-54-50-46-42-38-34-30-26-22-18-14-10-4)85-71-79(94-96(92(78)85)104-108-102-94)86-74-90-98(106-86)81-73-87-80(72-88(81)110-90)97-89(109-87)68-76(6)105-97/h67-74H,7-66H2,1-6H3. The number of aryl methyl sites for hydroxylation is 2. The van der Waals surface area contributed by atoms with Crippen molar-refractivity contribution in [2.45, 2.75) is 438 Å². The second kappa shape index (κ2) is 46.2. The number of thiophene rings is 2. The zero-order chi connectivity index (χ0) is 76.0. The van der Waals surface area contributed by atoms with Gasteiger partial charge in [0.25, 0.3) is 0 Å². The number of aromatic nitrogens is 4. The second-order valence-corrected chi connectivity index (χ2v) is 43.2. The van der Waals surface area contributed by atoms with Gasteiger partial charge in [0.05, 0.1) is 11.7 Å². The molecule has 0 aliphatic heterocycles. The zero-order valence-corrected chi connectivity index (χ0v) is 77.0. The van der Waals surface area contributed by atoms with Crippen LogP contribution in [0.25, 0.3) is 92.0 Å². The van der Waals surface area contributed by atoms with Crippen molar-refractivity contribution in [1.82, 2.24) is 17.5 Å². The third-order valence-electron chi connectivity index (χ3n) is 26.7. The zero-order valence-electron chi connectivity index (χ0n) is 70.3. The predicted molar refractivity (Wildman–Crippen MR) is 495 cm³/mol. The molecule has 4 nitrogen and oxygen atoms in total. The molecule has 0 radical (unpaired) electrons. The molecule has 0 unspecified atom stereocenters. The maximum atomic E-state index is 5.63. The Kier molecular flexibility index (Phi) is 36.2. The third kappa shape index (κ3) is 22.4. The summed E-state index contributed by atoms with van der Waals surface area (Å²) in [5.74, 6) is 0. The van der Waals surface area contributed by atoms with Gasteiger partial charge in [-0.3, -0.25) is 0 Å².